The maximum Gasteiger partial charge on any atom is 0.303 e. The Bertz CT molecular complexity index is 1710. The number of methoxy groups -OCH3 is 1. The van der Waals surface area contributed by atoms with E-state index >= 15 is 0 Å². The molecule has 2 heterocycles. The highest BCUT2D eigenvalue weighted by atomic mass is 16.8. The average molecular weight is 795 g/mol. The van der Waals surface area contributed by atoms with Gasteiger partial charge >= 0.3 is 23.9 Å². The minimum atomic E-state index is -1.55. The van der Waals surface area contributed by atoms with Gasteiger partial charge in [-0.1, -0.05) is 91.0 Å². The quantitative estimate of drug-likeness (QED) is 0.132. The predicted octanol–water partition coefficient (Wildman–Crippen LogP) is 4.21. The van der Waals surface area contributed by atoms with Gasteiger partial charge in [-0.15, -0.1) is 0 Å². The summed E-state index contributed by atoms with van der Waals surface area (Å²) < 4.78 is 67.2. The molecular formula is C42H50O15. The molecule has 0 aromatic heterocycles. The Balaban J connectivity index is 1.56. The molecule has 2 saturated heterocycles. The lowest BCUT2D eigenvalue weighted by Crippen LogP contribution is -2.67. The first-order valence-corrected chi connectivity index (χ1v) is 18.6. The van der Waals surface area contributed by atoms with E-state index in [1.807, 2.05) is 91.0 Å². The molecule has 15 heteroatoms. The van der Waals surface area contributed by atoms with Crippen molar-refractivity contribution in [3.63, 3.8) is 0 Å². The van der Waals surface area contributed by atoms with Gasteiger partial charge in [0, 0.05) is 34.8 Å². The van der Waals surface area contributed by atoms with Crippen LogP contribution in [0.3, 0.4) is 0 Å². The Kier molecular flexibility index (Phi) is 16.5. The summed E-state index contributed by atoms with van der Waals surface area (Å²) in [6.45, 7) is 4.65. The van der Waals surface area contributed by atoms with Gasteiger partial charge in [-0.25, -0.2) is 0 Å². The fourth-order valence-corrected chi connectivity index (χ4v) is 6.59. The van der Waals surface area contributed by atoms with Crippen LogP contribution in [0.25, 0.3) is 0 Å². The van der Waals surface area contributed by atoms with Gasteiger partial charge in [0.2, 0.25) is 0 Å². The van der Waals surface area contributed by atoms with E-state index in [0.29, 0.717) is 0 Å². The fraction of sp³-hybridized carbons (Fsp3) is 0.476. The van der Waals surface area contributed by atoms with Crippen LogP contribution in [0.4, 0.5) is 0 Å². The molecule has 0 amide bonds. The van der Waals surface area contributed by atoms with E-state index in [0.717, 1.165) is 37.5 Å². The minimum absolute atomic E-state index is 0.0404. The maximum absolute atomic E-state index is 12.7. The number of esters is 4. The molecule has 0 radical (unpaired) electrons. The average Bonchev–Trinajstić information content (AvgIpc) is 3.19. The number of carbonyl (C=O) groups excluding carboxylic acids is 4. The number of rotatable bonds is 18. The van der Waals surface area contributed by atoms with Gasteiger partial charge in [0.05, 0.1) is 26.4 Å². The van der Waals surface area contributed by atoms with Gasteiger partial charge < -0.3 is 52.1 Å². The minimum Gasteiger partial charge on any atom is -0.463 e. The molecular weight excluding hydrogens is 744 g/mol. The fourth-order valence-electron chi connectivity index (χ4n) is 6.59. The Hall–Kier alpha value is -4.74. The van der Waals surface area contributed by atoms with Crippen LogP contribution in [-0.2, 0) is 91.1 Å². The largest absolute Gasteiger partial charge is 0.463 e. The molecule has 15 nitrogen and oxygen atoms in total. The van der Waals surface area contributed by atoms with Crippen molar-refractivity contribution in [1.29, 1.82) is 0 Å². The summed E-state index contributed by atoms with van der Waals surface area (Å²) in [5.41, 5.74) is 2.64. The molecule has 0 aliphatic carbocycles. The lowest BCUT2D eigenvalue weighted by atomic mass is 9.96. The van der Waals surface area contributed by atoms with Gasteiger partial charge in [-0.05, 0) is 16.7 Å². The van der Waals surface area contributed by atoms with E-state index in [1.54, 1.807) is 0 Å². The van der Waals surface area contributed by atoms with Crippen molar-refractivity contribution in [2.75, 3.05) is 20.3 Å². The molecule has 5 rings (SSSR count). The SMILES string of the molecule is CO[C@H]1OC(COCc2ccccc2)[C@@H](O[C@@H]2OC(COC(C)=O)[C@@H](OC(C)=O)[C@H](OC(C)=O)C2OC(C)=O)[C@H](OCc2ccccc2)C1OCc1ccccc1. The number of hydrogen-bond donors (Lipinski definition) is 0. The van der Waals surface area contributed by atoms with E-state index in [1.165, 1.54) is 14.0 Å². The van der Waals surface area contributed by atoms with E-state index in [4.69, 9.17) is 52.1 Å². The molecule has 2 aliphatic rings. The second-order valence-corrected chi connectivity index (χ2v) is 13.5. The smallest absolute Gasteiger partial charge is 0.303 e. The zero-order valence-electron chi connectivity index (χ0n) is 32.6. The Morgan fingerprint density at radius 3 is 1.46 bits per heavy atom. The second kappa shape index (κ2) is 21.7. The van der Waals surface area contributed by atoms with Gasteiger partial charge in [-0.3, -0.25) is 19.2 Å². The van der Waals surface area contributed by atoms with E-state index in [2.05, 4.69) is 0 Å². The van der Waals surface area contributed by atoms with Crippen LogP contribution in [0.15, 0.2) is 91.0 Å². The van der Waals surface area contributed by atoms with Crippen LogP contribution in [0.5, 0.6) is 0 Å². The molecule has 0 bridgehead atoms. The van der Waals surface area contributed by atoms with Crippen molar-refractivity contribution in [2.24, 2.45) is 0 Å². The molecule has 2 fully saturated rings. The summed E-state index contributed by atoms with van der Waals surface area (Å²) in [4.78, 5) is 49.5. The monoisotopic (exact) mass is 794 g/mol. The van der Waals surface area contributed by atoms with Crippen molar-refractivity contribution in [2.45, 2.75) is 109 Å². The third-order valence-corrected chi connectivity index (χ3v) is 9.03. The van der Waals surface area contributed by atoms with Gasteiger partial charge in [0.15, 0.2) is 30.9 Å². The standard InChI is InChI=1S/C42H50O15/c1-26(43)49-25-34-36(52-27(2)44)38(53-28(3)45)40(54-29(4)46)42(56-34)57-35-33(24-48-21-30-15-9-6-10-16-30)55-41(47-5)39(51-23-32-19-13-8-14-20-32)37(35)50-22-31-17-11-7-12-18-31/h6-20,33-42H,21-25H2,1-5H3/t33?,34?,35-,36-,37+,38+,39?,40?,41+,42+/m1/s1. The topological polar surface area (TPSA) is 170 Å². The molecule has 0 N–H and O–H groups in total. The van der Waals surface area contributed by atoms with Crippen LogP contribution in [0.2, 0.25) is 0 Å². The van der Waals surface area contributed by atoms with Gasteiger partial charge in [0.25, 0.3) is 0 Å². The molecule has 0 spiro atoms. The first-order valence-electron chi connectivity index (χ1n) is 18.6. The summed E-state index contributed by atoms with van der Waals surface area (Å²) in [5, 5.41) is 0. The highest BCUT2D eigenvalue weighted by Crippen LogP contribution is 2.36. The molecule has 4 unspecified atom stereocenters. The molecule has 0 saturated carbocycles. The van der Waals surface area contributed by atoms with Crippen LogP contribution < -0.4 is 0 Å². The van der Waals surface area contributed by atoms with E-state index in [-0.39, 0.29) is 26.4 Å². The zero-order valence-corrected chi connectivity index (χ0v) is 32.6. The van der Waals surface area contributed by atoms with Crippen LogP contribution >= 0.6 is 0 Å². The predicted molar refractivity (Wildman–Crippen MR) is 199 cm³/mol. The lowest BCUT2D eigenvalue weighted by molar-refractivity contribution is -0.367. The normalized spacial score (nSPS) is 27.2. The second-order valence-electron chi connectivity index (χ2n) is 13.5. The molecule has 308 valence electrons. The van der Waals surface area contributed by atoms with Crippen LogP contribution in [-0.4, -0.2) is 106 Å². The summed E-state index contributed by atoms with van der Waals surface area (Å²) in [6, 6.07) is 28.5. The van der Waals surface area contributed by atoms with Crippen molar-refractivity contribution >= 4 is 23.9 Å². The molecule has 57 heavy (non-hydrogen) atoms. The van der Waals surface area contributed by atoms with Gasteiger partial charge in [-0.2, -0.15) is 0 Å². The lowest BCUT2D eigenvalue weighted by Gasteiger charge is -2.49. The third kappa shape index (κ3) is 12.9. The summed E-state index contributed by atoms with van der Waals surface area (Å²) >= 11 is 0. The highest BCUT2D eigenvalue weighted by Gasteiger charge is 2.56. The molecule has 2 aliphatic heterocycles. The van der Waals surface area contributed by atoms with Crippen LogP contribution in [0, 0.1) is 0 Å². The number of ether oxygens (including phenoxy) is 11. The Labute approximate surface area is 331 Å². The maximum atomic E-state index is 12.7. The summed E-state index contributed by atoms with van der Waals surface area (Å²) in [6.07, 6.45) is -12.1. The molecule has 10 atom stereocenters. The highest BCUT2D eigenvalue weighted by molar-refractivity contribution is 5.68. The first-order chi connectivity index (χ1) is 27.5. The van der Waals surface area contributed by atoms with Crippen molar-refractivity contribution < 1.29 is 71.3 Å². The first kappa shape index (κ1) is 43.4. The van der Waals surface area contributed by atoms with Crippen LogP contribution in [0.1, 0.15) is 44.4 Å². The Morgan fingerprint density at radius 1 is 0.491 bits per heavy atom. The van der Waals surface area contributed by atoms with Gasteiger partial charge in [0.1, 0.15) is 37.1 Å². The zero-order chi connectivity index (χ0) is 40.7. The number of carbonyl (C=O) groups is 4. The molecule has 3 aromatic carbocycles. The number of benzene rings is 3. The summed E-state index contributed by atoms with van der Waals surface area (Å²) in [7, 11) is 1.49. The van der Waals surface area contributed by atoms with Crippen molar-refractivity contribution in [3.8, 4) is 0 Å². The van der Waals surface area contributed by atoms with Crippen molar-refractivity contribution in [3.05, 3.63) is 108 Å². The number of hydrogen-bond acceptors (Lipinski definition) is 15. The van der Waals surface area contributed by atoms with E-state index in [9.17, 15) is 19.2 Å². The van der Waals surface area contributed by atoms with E-state index < -0.39 is 91.9 Å². The van der Waals surface area contributed by atoms with Crippen molar-refractivity contribution in [1.82, 2.24) is 0 Å². The molecule has 3 aromatic rings. The summed E-state index contributed by atoms with van der Waals surface area (Å²) in [5.74, 6) is -2.98. The Morgan fingerprint density at radius 2 is 0.947 bits per heavy atom. The third-order valence-electron chi connectivity index (χ3n) is 9.03.